The van der Waals surface area contributed by atoms with Crippen LogP contribution in [0.25, 0.3) is 0 Å². The lowest BCUT2D eigenvalue weighted by Crippen LogP contribution is -2.30. The highest BCUT2D eigenvalue weighted by molar-refractivity contribution is 5.71. The number of carbonyl (C=O) groups excluding carboxylic acids is 3. The van der Waals surface area contributed by atoms with Crippen LogP contribution in [0.2, 0.25) is 0 Å². The molecule has 0 saturated carbocycles. The fourth-order valence-electron chi connectivity index (χ4n) is 10.6. The van der Waals surface area contributed by atoms with E-state index < -0.39 is 6.10 Å². The summed E-state index contributed by atoms with van der Waals surface area (Å²) in [4.78, 5) is 38.3. The molecule has 0 aromatic heterocycles. The molecule has 0 rings (SSSR count). The number of rotatable bonds is 65. The van der Waals surface area contributed by atoms with E-state index >= 15 is 0 Å². The maximum Gasteiger partial charge on any atom is 0.306 e. The lowest BCUT2D eigenvalue weighted by Gasteiger charge is -2.18. The number of allylic oxidation sites excluding steroid dienone is 8. The van der Waals surface area contributed by atoms with E-state index in [2.05, 4.69) is 69.4 Å². The molecule has 462 valence electrons. The Morgan fingerprint density at radius 2 is 0.494 bits per heavy atom. The topological polar surface area (TPSA) is 78.9 Å². The van der Waals surface area contributed by atoms with E-state index in [1.165, 1.54) is 244 Å². The summed E-state index contributed by atoms with van der Waals surface area (Å²) in [5.41, 5.74) is 0. The number of carbonyl (C=O) groups is 3. The Morgan fingerprint density at radius 3 is 0.797 bits per heavy atom. The second-order valence-corrected chi connectivity index (χ2v) is 23.8. The summed E-state index contributed by atoms with van der Waals surface area (Å²) in [6.07, 6.45) is 86.1. The summed E-state index contributed by atoms with van der Waals surface area (Å²) in [6, 6.07) is 0. The maximum absolute atomic E-state index is 12.9. The Hall–Kier alpha value is -2.63. The minimum absolute atomic E-state index is 0.0826. The van der Waals surface area contributed by atoms with Crippen LogP contribution in [0.3, 0.4) is 0 Å². The van der Waals surface area contributed by atoms with Gasteiger partial charge in [-0.2, -0.15) is 0 Å². The molecule has 1 atom stereocenters. The van der Waals surface area contributed by atoms with Crippen LogP contribution < -0.4 is 0 Å². The molecule has 0 amide bonds. The molecule has 0 radical (unpaired) electrons. The highest BCUT2D eigenvalue weighted by Gasteiger charge is 2.19. The molecule has 1 unspecified atom stereocenters. The Morgan fingerprint density at radius 1 is 0.266 bits per heavy atom. The fourth-order valence-corrected chi connectivity index (χ4v) is 10.6. The first kappa shape index (κ1) is 76.4. The smallest absolute Gasteiger partial charge is 0.306 e. The Balaban J connectivity index is 4.05. The number of hydrogen-bond acceptors (Lipinski definition) is 6. The van der Waals surface area contributed by atoms with Gasteiger partial charge in [-0.3, -0.25) is 14.4 Å². The van der Waals surface area contributed by atoms with Crippen molar-refractivity contribution in [2.75, 3.05) is 13.2 Å². The van der Waals surface area contributed by atoms with Crippen LogP contribution in [0.4, 0.5) is 0 Å². The molecular formula is C73H134O6. The van der Waals surface area contributed by atoms with Gasteiger partial charge in [-0.15, -0.1) is 0 Å². The van der Waals surface area contributed by atoms with Crippen LogP contribution in [0, 0.1) is 0 Å². The van der Waals surface area contributed by atoms with Gasteiger partial charge >= 0.3 is 17.9 Å². The molecule has 0 aliphatic heterocycles. The van der Waals surface area contributed by atoms with E-state index in [1.54, 1.807) is 0 Å². The number of esters is 3. The van der Waals surface area contributed by atoms with Crippen molar-refractivity contribution in [1.29, 1.82) is 0 Å². The SMILES string of the molecule is CC/C=C\C/C=C\C/C=C\CCCCCC(=O)OCC(COC(=O)CCCCCCCCCCCCCCCCCCCCCCCCCCCCCCCCCCCC)OC(=O)CCCCCCC/C=C\CCCCCCC. The van der Waals surface area contributed by atoms with Crippen LogP contribution in [0.1, 0.15) is 380 Å². The van der Waals surface area contributed by atoms with Gasteiger partial charge in [0.25, 0.3) is 0 Å². The molecule has 0 N–H and O–H groups in total. The third-order valence-electron chi connectivity index (χ3n) is 15.8. The normalized spacial score (nSPS) is 12.3. The van der Waals surface area contributed by atoms with Crippen molar-refractivity contribution < 1.29 is 28.6 Å². The van der Waals surface area contributed by atoms with Gasteiger partial charge in [0, 0.05) is 19.3 Å². The minimum atomic E-state index is -0.788. The van der Waals surface area contributed by atoms with Gasteiger partial charge in [-0.1, -0.05) is 333 Å². The van der Waals surface area contributed by atoms with Gasteiger partial charge in [-0.25, -0.2) is 0 Å². The van der Waals surface area contributed by atoms with Gasteiger partial charge < -0.3 is 14.2 Å². The third-order valence-corrected chi connectivity index (χ3v) is 15.8. The summed E-state index contributed by atoms with van der Waals surface area (Å²) in [5, 5.41) is 0. The first-order valence-corrected chi connectivity index (χ1v) is 35.1. The summed E-state index contributed by atoms with van der Waals surface area (Å²) in [6.45, 7) is 6.54. The Kier molecular flexibility index (Phi) is 65.6. The molecular weight excluding hydrogens is 973 g/mol. The van der Waals surface area contributed by atoms with E-state index in [1.807, 2.05) is 0 Å². The first-order chi connectivity index (χ1) is 39.0. The monoisotopic (exact) mass is 1110 g/mol. The van der Waals surface area contributed by atoms with Crippen molar-refractivity contribution in [2.45, 2.75) is 386 Å². The zero-order chi connectivity index (χ0) is 57.1. The lowest BCUT2D eigenvalue weighted by molar-refractivity contribution is -0.167. The van der Waals surface area contributed by atoms with Gasteiger partial charge in [0.05, 0.1) is 0 Å². The average molecular weight is 1110 g/mol. The van der Waals surface area contributed by atoms with E-state index in [9.17, 15) is 14.4 Å². The standard InChI is InChI=1S/C73H134O6/c1-4-7-10-13-16-19-22-25-27-28-29-30-31-32-33-34-35-36-37-38-39-40-41-42-43-44-45-46-49-51-54-57-60-63-66-72(75)78-69-70(68-77-71(74)65-62-59-56-53-50-47-24-21-18-15-12-9-6-3)79-73(76)67-64-61-58-55-52-48-26-23-20-17-14-11-8-5-2/h9,12,18,21,23,26,47,50,70H,4-8,10-11,13-17,19-20,22,24-25,27-46,48-49,51-69H2,1-3H3/b12-9-,21-18-,26-23-,50-47-. The molecule has 0 aliphatic carbocycles. The predicted molar refractivity (Wildman–Crippen MR) is 344 cm³/mol. The van der Waals surface area contributed by atoms with Gasteiger partial charge in [-0.05, 0) is 77.0 Å². The van der Waals surface area contributed by atoms with Crippen molar-refractivity contribution in [1.82, 2.24) is 0 Å². The molecule has 0 saturated heterocycles. The molecule has 0 spiro atoms. The largest absolute Gasteiger partial charge is 0.462 e. The van der Waals surface area contributed by atoms with E-state index in [-0.39, 0.29) is 31.1 Å². The van der Waals surface area contributed by atoms with Gasteiger partial charge in [0.2, 0.25) is 0 Å². The Bertz CT molecular complexity index is 1360. The number of ether oxygens (including phenoxy) is 3. The van der Waals surface area contributed by atoms with Crippen molar-refractivity contribution in [3.63, 3.8) is 0 Å². The summed E-state index contributed by atoms with van der Waals surface area (Å²) >= 11 is 0. The molecule has 0 heterocycles. The first-order valence-electron chi connectivity index (χ1n) is 35.1. The maximum atomic E-state index is 12.9. The number of unbranched alkanes of at least 4 members (excludes halogenated alkanes) is 46. The van der Waals surface area contributed by atoms with Crippen LogP contribution in [0.15, 0.2) is 48.6 Å². The number of hydrogen-bond donors (Lipinski definition) is 0. The lowest BCUT2D eigenvalue weighted by atomic mass is 10.0. The van der Waals surface area contributed by atoms with Crippen molar-refractivity contribution in [3.05, 3.63) is 48.6 Å². The molecule has 6 heteroatoms. The van der Waals surface area contributed by atoms with Gasteiger partial charge in [0.1, 0.15) is 13.2 Å². The quantitative estimate of drug-likeness (QED) is 0.0261. The van der Waals surface area contributed by atoms with Crippen LogP contribution in [-0.4, -0.2) is 37.2 Å². The molecule has 0 aliphatic rings. The molecule has 0 aromatic rings. The molecule has 0 bridgehead atoms. The van der Waals surface area contributed by atoms with E-state index in [0.29, 0.717) is 19.3 Å². The second kappa shape index (κ2) is 67.9. The molecule has 0 fully saturated rings. The summed E-state index contributed by atoms with van der Waals surface area (Å²) < 4.78 is 16.9. The van der Waals surface area contributed by atoms with Crippen LogP contribution in [-0.2, 0) is 28.6 Å². The average Bonchev–Trinajstić information content (AvgIpc) is 3.45. The highest BCUT2D eigenvalue weighted by atomic mass is 16.6. The Labute approximate surface area is 492 Å². The zero-order valence-corrected chi connectivity index (χ0v) is 53.2. The fraction of sp³-hybridized carbons (Fsp3) is 0.849. The third kappa shape index (κ3) is 66.1. The minimum Gasteiger partial charge on any atom is -0.462 e. The van der Waals surface area contributed by atoms with Crippen molar-refractivity contribution in [2.24, 2.45) is 0 Å². The van der Waals surface area contributed by atoms with Crippen molar-refractivity contribution >= 4 is 17.9 Å². The summed E-state index contributed by atoms with van der Waals surface area (Å²) in [7, 11) is 0. The van der Waals surface area contributed by atoms with Crippen LogP contribution in [0.5, 0.6) is 0 Å². The van der Waals surface area contributed by atoms with E-state index in [4.69, 9.17) is 14.2 Å². The van der Waals surface area contributed by atoms with Crippen molar-refractivity contribution in [3.8, 4) is 0 Å². The second-order valence-electron chi connectivity index (χ2n) is 23.8. The molecule has 6 nitrogen and oxygen atoms in total. The molecule has 0 aromatic carbocycles. The summed E-state index contributed by atoms with van der Waals surface area (Å²) in [5.74, 6) is -0.902. The van der Waals surface area contributed by atoms with Crippen LogP contribution >= 0.6 is 0 Å². The van der Waals surface area contributed by atoms with Gasteiger partial charge in [0.15, 0.2) is 6.10 Å². The molecule has 79 heavy (non-hydrogen) atoms. The highest BCUT2D eigenvalue weighted by Crippen LogP contribution is 2.19. The predicted octanol–water partition coefficient (Wildman–Crippen LogP) is 24.1. The zero-order valence-electron chi connectivity index (χ0n) is 53.2. The van der Waals surface area contributed by atoms with E-state index in [0.717, 1.165) is 96.3 Å².